The van der Waals surface area contributed by atoms with Crippen molar-refractivity contribution in [3.8, 4) is 0 Å². The molecule has 0 saturated carbocycles. The van der Waals surface area contributed by atoms with Crippen LogP contribution in [0.25, 0.3) is 10.9 Å². The molecule has 2 rings (SSSR count). The fraction of sp³-hybridized carbons (Fsp3) is 0.111. The van der Waals surface area contributed by atoms with Gasteiger partial charge in [-0.1, -0.05) is 12.1 Å². The predicted molar refractivity (Wildman–Crippen MR) is 59.2 cm³/mol. The first-order chi connectivity index (χ1) is 5.92. The summed E-state index contributed by atoms with van der Waals surface area (Å²) >= 11 is 2.16. The Bertz CT molecular complexity index is 381. The van der Waals surface area contributed by atoms with Crippen LogP contribution in [0.1, 0.15) is 5.56 Å². The van der Waals surface area contributed by atoms with Gasteiger partial charge in [-0.05, 0) is 17.7 Å². The topological polar surface area (TPSA) is 27.8 Å². The van der Waals surface area contributed by atoms with Crippen molar-refractivity contribution in [2.75, 3.05) is 0 Å². The molecule has 1 heterocycles. The normalized spacial score (nSPS) is 10.8. The summed E-state index contributed by atoms with van der Waals surface area (Å²) in [6, 6.07) is 8.41. The highest BCUT2D eigenvalue weighted by molar-refractivity contribution is 14.1. The minimum absolute atomic E-state index is 0.912. The number of hydrogen-bond donors (Lipinski definition) is 2. The Kier molecular flexibility index (Phi) is 2.32. The van der Waals surface area contributed by atoms with Crippen LogP contribution >= 0.6 is 22.9 Å². The Labute approximate surface area is 84.9 Å². The standard InChI is InChI=1S/C9H9IN2/c10-12-6-7-2-1-3-9-8(7)4-5-11-9/h1-5,11-12H,6H2. The van der Waals surface area contributed by atoms with Crippen molar-refractivity contribution in [2.45, 2.75) is 6.54 Å². The van der Waals surface area contributed by atoms with E-state index < -0.39 is 0 Å². The minimum atomic E-state index is 0.912. The molecule has 0 saturated heterocycles. The Morgan fingerprint density at radius 1 is 1.33 bits per heavy atom. The Morgan fingerprint density at radius 2 is 2.25 bits per heavy atom. The summed E-state index contributed by atoms with van der Waals surface area (Å²) in [6.07, 6.45) is 1.97. The fourth-order valence-corrected chi connectivity index (χ4v) is 1.79. The van der Waals surface area contributed by atoms with Gasteiger partial charge in [-0.15, -0.1) is 0 Å². The number of benzene rings is 1. The molecule has 2 aromatic rings. The van der Waals surface area contributed by atoms with E-state index in [4.69, 9.17) is 0 Å². The predicted octanol–water partition coefficient (Wildman–Crippen LogP) is 2.61. The maximum Gasteiger partial charge on any atom is 0.0457 e. The lowest BCUT2D eigenvalue weighted by Gasteiger charge is -1.99. The Balaban J connectivity index is 2.57. The van der Waals surface area contributed by atoms with Gasteiger partial charge in [0.15, 0.2) is 0 Å². The number of nitrogens with one attached hydrogen (secondary N) is 2. The molecule has 1 aromatic heterocycles. The van der Waals surface area contributed by atoms with Crippen molar-refractivity contribution in [1.29, 1.82) is 0 Å². The van der Waals surface area contributed by atoms with Gasteiger partial charge in [-0.2, -0.15) is 0 Å². The van der Waals surface area contributed by atoms with Gasteiger partial charge in [0.2, 0.25) is 0 Å². The summed E-state index contributed by atoms with van der Waals surface area (Å²) in [5, 5.41) is 1.31. The lowest BCUT2D eigenvalue weighted by molar-refractivity contribution is 1.03. The zero-order valence-corrected chi connectivity index (χ0v) is 8.63. The largest absolute Gasteiger partial charge is 0.361 e. The molecule has 0 amide bonds. The van der Waals surface area contributed by atoms with Gasteiger partial charge in [0.1, 0.15) is 0 Å². The third kappa shape index (κ3) is 1.34. The molecule has 2 nitrogen and oxygen atoms in total. The highest BCUT2D eigenvalue weighted by atomic mass is 127. The molecule has 0 aliphatic carbocycles. The molecule has 0 radical (unpaired) electrons. The van der Waals surface area contributed by atoms with Crippen LogP contribution < -0.4 is 3.53 Å². The van der Waals surface area contributed by atoms with Gasteiger partial charge < -0.3 is 4.98 Å². The lowest BCUT2D eigenvalue weighted by atomic mass is 10.1. The van der Waals surface area contributed by atoms with Crippen LogP contribution in [-0.2, 0) is 6.54 Å². The van der Waals surface area contributed by atoms with E-state index in [1.807, 2.05) is 6.20 Å². The number of aromatic nitrogens is 1. The molecule has 0 atom stereocenters. The van der Waals surface area contributed by atoms with E-state index in [2.05, 4.69) is 55.6 Å². The van der Waals surface area contributed by atoms with Gasteiger partial charge in [-0.3, -0.25) is 3.53 Å². The lowest BCUT2D eigenvalue weighted by Crippen LogP contribution is -1.97. The molecule has 3 heteroatoms. The average Bonchev–Trinajstić information content (AvgIpc) is 2.53. The van der Waals surface area contributed by atoms with Crippen molar-refractivity contribution in [3.05, 3.63) is 36.0 Å². The van der Waals surface area contributed by atoms with E-state index >= 15 is 0 Å². The molecule has 0 spiro atoms. The molecule has 0 bridgehead atoms. The van der Waals surface area contributed by atoms with Crippen LogP contribution in [-0.4, -0.2) is 4.98 Å². The molecule has 1 aromatic carbocycles. The minimum Gasteiger partial charge on any atom is -0.361 e. The summed E-state index contributed by atoms with van der Waals surface area (Å²) in [4.78, 5) is 3.19. The van der Waals surface area contributed by atoms with Crippen molar-refractivity contribution in [3.63, 3.8) is 0 Å². The summed E-state index contributed by atoms with van der Waals surface area (Å²) in [5.74, 6) is 0. The summed E-state index contributed by atoms with van der Waals surface area (Å²) in [6.45, 7) is 0.912. The second kappa shape index (κ2) is 3.45. The maximum atomic E-state index is 3.19. The number of fused-ring (bicyclic) bond motifs is 1. The smallest absolute Gasteiger partial charge is 0.0457 e. The second-order valence-electron chi connectivity index (χ2n) is 2.67. The van der Waals surface area contributed by atoms with Crippen molar-refractivity contribution < 1.29 is 0 Å². The Morgan fingerprint density at radius 3 is 3.08 bits per heavy atom. The molecular formula is C9H9IN2. The second-order valence-corrected chi connectivity index (χ2v) is 3.43. The van der Waals surface area contributed by atoms with Crippen LogP contribution in [0.15, 0.2) is 30.5 Å². The summed E-state index contributed by atoms with van der Waals surface area (Å²) < 4.78 is 3.12. The fourth-order valence-electron chi connectivity index (χ4n) is 1.38. The van der Waals surface area contributed by atoms with Gasteiger partial charge in [0.05, 0.1) is 0 Å². The number of H-pyrrole nitrogens is 1. The van der Waals surface area contributed by atoms with Crippen LogP contribution in [0.3, 0.4) is 0 Å². The van der Waals surface area contributed by atoms with Crippen LogP contribution in [0.4, 0.5) is 0 Å². The number of hydrogen-bond acceptors (Lipinski definition) is 1. The number of aromatic amines is 1. The van der Waals surface area contributed by atoms with Crippen LogP contribution in [0, 0.1) is 0 Å². The van der Waals surface area contributed by atoms with Gasteiger partial charge >= 0.3 is 0 Å². The molecule has 0 aliphatic heterocycles. The van der Waals surface area contributed by atoms with E-state index in [0.717, 1.165) is 6.54 Å². The summed E-state index contributed by atoms with van der Waals surface area (Å²) in [5.41, 5.74) is 2.54. The first-order valence-corrected chi connectivity index (χ1v) is 4.88. The number of rotatable bonds is 2. The van der Waals surface area contributed by atoms with Crippen LogP contribution in [0.2, 0.25) is 0 Å². The monoisotopic (exact) mass is 272 g/mol. The van der Waals surface area contributed by atoms with E-state index in [-0.39, 0.29) is 0 Å². The van der Waals surface area contributed by atoms with Gasteiger partial charge in [-0.25, -0.2) is 0 Å². The Hall–Kier alpha value is -0.550. The SMILES string of the molecule is INCc1cccc2[nH]ccc12. The molecule has 0 aliphatic rings. The zero-order chi connectivity index (χ0) is 8.39. The first kappa shape index (κ1) is 8.07. The summed E-state index contributed by atoms with van der Waals surface area (Å²) in [7, 11) is 0. The van der Waals surface area contributed by atoms with E-state index in [9.17, 15) is 0 Å². The third-order valence-corrected chi connectivity index (χ3v) is 2.32. The van der Waals surface area contributed by atoms with E-state index in [1.54, 1.807) is 0 Å². The van der Waals surface area contributed by atoms with E-state index in [0.29, 0.717) is 0 Å². The molecule has 0 unspecified atom stereocenters. The quantitative estimate of drug-likeness (QED) is 0.638. The highest BCUT2D eigenvalue weighted by Gasteiger charge is 1.98. The van der Waals surface area contributed by atoms with E-state index in [1.165, 1.54) is 16.5 Å². The molecule has 2 N–H and O–H groups in total. The molecule has 62 valence electrons. The van der Waals surface area contributed by atoms with Gasteiger partial charge in [0.25, 0.3) is 0 Å². The van der Waals surface area contributed by atoms with Crippen molar-refractivity contribution in [2.24, 2.45) is 0 Å². The first-order valence-electron chi connectivity index (χ1n) is 3.80. The van der Waals surface area contributed by atoms with Crippen LogP contribution in [0.5, 0.6) is 0 Å². The number of halogens is 1. The average molecular weight is 272 g/mol. The molecule has 12 heavy (non-hydrogen) atoms. The maximum absolute atomic E-state index is 3.19. The highest BCUT2D eigenvalue weighted by Crippen LogP contribution is 2.16. The van der Waals surface area contributed by atoms with Crippen molar-refractivity contribution in [1.82, 2.24) is 8.51 Å². The molecular weight excluding hydrogens is 263 g/mol. The third-order valence-electron chi connectivity index (χ3n) is 1.94. The zero-order valence-electron chi connectivity index (χ0n) is 6.47. The van der Waals surface area contributed by atoms with Gasteiger partial charge in [0, 0.05) is 46.5 Å². The van der Waals surface area contributed by atoms with Crippen molar-refractivity contribution >= 4 is 33.8 Å². The molecule has 0 fully saturated rings.